The minimum atomic E-state index is -4.46. The van der Waals surface area contributed by atoms with Crippen LogP contribution in [0, 0.1) is 0 Å². The third-order valence-electron chi connectivity index (χ3n) is 13.4. The van der Waals surface area contributed by atoms with Gasteiger partial charge in [-0.3, -0.25) is 18.6 Å². The van der Waals surface area contributed by atoms with Gasteiger partial charge in [0.2, 0.25) is 5.91 Å². The monoisotopic (exact) mass is 1060 g/mol. The van der Waals surface area contributed by atoms with Crippen LogP contribution in [-0.2, 0) is 27.9 Å². The molecule has 0 rings (SSSR count). The van der Waals surface area contributed by atoms with Crippen molar-refractivity contribution in [2.24, 2.45) is 0 Å². The molecule has 9 nitrogen and oxygen atoms in total. The van der Waals surface area contributed by atoms with E-state index in [1.54, 1.807) is 0 Å². The first-order valence-corrected chi connectivity index (χ1v) is 32.3. The van der Waals surface area contributed by atoms with Crippen LogP contribution in [0.15, 0.2) is 72.9 Å². The molecule has 0 aromatic heterocycles. The van der Waals surface area contributed by atoms with Crippen molar-refractivity contribution in [3.8, 4) is 0 Å². The first-order chi connectivity index (χ1) is 35.9. The fraction of sp³-hybridized carbons (Fsp3) is 0.781. The second-order valence-corrected chi connectivity index (χ2v) is 23.3. The summed E-state index contributed by atoms with van der Waals surface area (Å²) in [5.41, 5.74) is 0. The molecule has 0 aromatic carbocycles. The summed E-state index contributed by atoms with van der Waals surface area (Å²) in [6, 6.07) is -0.868. The van der Waals surface area contributed by atoms with Crippen LogP contribution in [0.4, 0.5) is 0 Å². The Bertz CT molecular complexity index is 1500. The lowest BCUT2D eigenvalue weighted by Crippen LogP contribution is -2.47. The third-order valence-corrected chi connectivity index (χ3v) is 14.4. The van der Waals surface area contributed by atoms with Gasteiger partial charge in [0.05, 0.1) is 33.8 Å². The summed E-state index contributed by atoms with van der Waals surface area (Å²) in [5, 5.41) is 3.04. The Kier molecular flexibility index (Phi) is 52.0. The van der Waals surface area contributed by atoms with Gasteiger partial charge in [-0.05, 0) is 96.0 Å². The number of hydrogen-bond acceptors (Lipinski definition) is 6. The van der Waals surface area contributed by atoms with E-state index in [0.29, 0.717) is 23.9 Å². The first-order valence-electron chi connectivity index (χ1n) is 30.8. The van der Waals surface area contributed by atoms with Gasteiger partial charge in [0, 0.05) is 12.8 Å². The number of allylic oxidation sites excluding steroid dienone is 11. The van der Waals surface area contributed by atoms with Crippen molar-refractivity contribution in [2.45, 2.75) is 283 Å². The van der Waals surface area contributed by atoms with E-state index in [1.165, 1.54) is 148 Å². The molecule has 3 unspecified atom stereocenters. The second-order valence-electron chi connectivity index (χ2n) is 21.8. The highest BCUT2D eigenvalue weighted by Gasteiger charge is 2.30. The predicted octanol–water partition coefficient (Wildman–Crippen LogP) is 18.8. The highest BCUT2D eigenvalue weighted by Crippen LogP contribution is 2.43. The predicted molar refractivity (Wildman–Crippen MR) is 318 cm³/mol. The maximum absolute atomic E-state index is 13.5. The van der Waals surface area contributed by atoms with Crippen LogP contribution in [0.1, 0.15) is 271 Å². The van der Waals surface area contributed by atoms with Crippen LogP contribution < -0.4 is 5.32 Å². The van der Waals surface area contributed by atoms with E-state index in [4.69, 9.17) is 13.8 Å². The van der Waals surface area contributed by atoms with Gasteiger partial charge in [-0.25, -0.2) is 4.57 Å². The summed E-state index contributed by atoms with van der Waals surface area (Å²) in [6.07, 6.45) is 69.0. The number of phosphoric acid groups is 1. The Balaban J connectivity index is 5.34. The number of carbonyl (C=O) groups is 2. The number of quaternary nitrogens is 1. The number of carbonyl (C=O) groups excluding carboxylic acids is 2. The number of nitrogens with one attached hydrogen (secondary N) is 1. The number of unbranched alkanes of at least 4 members (excludes halogenated alkanes) is 29. The smallest absolute Gasteiger partial charge is 0.456 e. The van der Waals surface area contributed by atoms with Gasteiger partial charge in [0.15, 0.2) is 0 Å². The Morgan fingerprint density at radius 1 is 0.486 bits per heavy atom. The van der Waals surface area contributed by atoms with Crippen LogP contribution in [-0.4, -0.2) is 74.3 Å². The van der Waals surface area contributed by atoms with Crippen LogP contribution in [0.5, 0.6) is 0 Å². The van der Waals surface area contributed by atoms with Crippen LogP contribution in [0.25, 0.3) is 0 Å². The molecular weight excluding hydrogens is 940 g/mol. The summed E-state index contributed by atoms with van der Waals surface area (Å²) in [6.45, 7) is 6.88. The highest BCUT2D eigenvalue weighted by atomic mass is 31.2. The lowest BCUT2D eigenvalue weighted by Gasteiger charge is -2.27. The zero-order valence-electron chi connectivity index (χ0n) is 49.1. The lowest BCUT2D eigenvalue weighted by atomic mass is 10.0. The van der Waals surface area contributed by atoms with E-state index in [2.05, 4.69) is 86.8 Å². The Hall–Kier alpha value is -2.55. The maximum atomic E-state index is 13.5. The topological polar surface area (TPSA) is 111 Å². The van der Waals surface area contributed by atoms with E-state index < -0.39 is 20.0 Å². The third kappa shape index (κ3) is 54.2. The lowest BCUT2D eigenvalue weighted by molar-refractivity contribution is -0.870. The van der Waals surface area contributed by atoms with Crippen molar-refractivity contribution in [3.63, 3.8) is 0 Å². The van der Waals surface area contributed by atoms with E-state index in [9.17, 15) is 19.0 Å². The molecule has 0 saturated carbocycles. The fourth-order valence-corrected chi connectivity index (χ4v) is 9.37. The molecule has 0 bridgehead atoms. The standard InChI is InChI=1S/C64H117N2O7P/c1-7-10-13-16-19-22-25-28-30-32-33-34-36-39-42-45-48-51-54-57-64(68)73-62(55-52-49-46-43-40-37-27-24-21-18-15-12-9-3)61(60-72-74(69,70)71-59-58-66(4,5)6)65-63(67)56-53-50-47-44-41-38-35-31-29-26-23-20-17-14-11-8-2/h11,14,20,23,28-31,38,41,52,55,61-62H,7-10,12-13,15-19,21-22,24-27,32-37,39-40,42-51,53-54,56-60H2,1-6H3,(H-,65,67,69,70)/p+1/b14-11+,23-20+,30-28+,31-29+,41-38+,55-52+. The molecule has 0 aliphatic carbocycles. The second kappa shape index (κ2) is 53.8. The van der Waals surface area contributed by atoms with Gasteiger partial charge in [0.25, 0.3) is 0 Å². The fourth-order valence-electron chi connectivity index (χ4n) is 8.63. The molecule has 0 spiro atoms. The van der Waals surface area contributed by atoms with Crippen LogP contribution in [0.3, 0.4) is 0 Å². The molecule has 3 atom stereocenters. The summed E-state index contributed by atoms with van der Waals surface area (Å²) >= 11 is 0. The van der Waals surface area contributed by atoms with Crippen LogP contribution in [0.2, 0.25) is 0 Å². The summed E-state index contributed by atoms with van der Waals surface area (Å²) in [5.74, 6) is -0.541. The molecule has 74 heavy (non-hydrogen) atoms. The van der Waals surface area contributed by atoms with Crippen molar-refractivity contribution in [2.75, 3.05) is 40.9 Å². The van der Waals surface area contributed by atoms with Gasteiger partial charge >= 0.3 is 13.8 Å². The van der Waals surface area contributed by atoms with E-state index >= 15 is 0 Å². The maximum Gasteiger partial charge on any atom is 0.472 e. The summed E-state index contributed by atoms with van der Waals surface area (Å²) in [7, 11) is 1.47. The molecule has 0 saturated heterocycles. The zero-order valence-corrected chi connectivity index (χ0v) is 50.0. The Labute approximate surface area is 457 Å². The normalized spacial score (nSPS) is 14.2. The number of hydrogen-bond donors (Lipinski definition) is 2. The molecule has 0 fully saturated rings. The number of nitrogens with zero attached hydrogens (tertiary/aromatic N) is 1. The molecule has 0 aliphatic heterocycles. The molecule has 0 radical (unpaired) electrons. The van der Waals surface area contributed by atoms with Gasteiger partial charge in [-0.2, -0.15) is 0 Å². The van der Waals surface area contributed by atoms with E-state index in [1.807, 2.05) is 33.3 Å². The minimum absolute atomic E-state index is 0.0315. The van der Waals surface area contributed by atoms with E-state index in [-0.39, 0.29) is 31.5 Å². The quantitative estimate of drug-likeness (QED) is 0.0205. The molecule has 10 heteroatoms. The SMILES string of the molecule is CC/C=C/C/C=C/C/C=C/C/C=C/CCCCCC(=O)NC(COP(=O)(O)OCC[N+](C)(C)C)C(/C=C/CCCCCCCCCCCCC)OC(=O)CCCCCCCCCCC/C=C/CCCCCCCC. The molecule has 1 amide bonds. The largest absolute Gasteiger partial charge is 0.472 e. The molecule has 2 N–H and O–H groups in total. The number of ether oxygens (including phenoxy) is 1. The summed E-state index contributed by atoms with van der Waals surface area (Å²) in [4.78, 5) is 37.7. The average molecular weight is 1060 g/mol. The average Bonchev–Trinajstić information content (AvgIpc) is 3.36. The van der Waals surface area contributed by atoms with Gasteiger partial charge in [0.1, 0.15) is 19.3 Å². The van der Waals surface area contributed by atoms with Crippen molar-refractivity contribution in [1.29, 1.82) is 0 Å². The Morgan fingerprint density at radius 3 is 1.32 bits per heavy atom. The van der Waals surface area contributed by atoms with Crippen molar-refractivity contribution in [3.05, 3.63) is 72.9 Å². The van der Waals surface area contributed by atoms with Crippen molar-refractivity contribution >= 4 is 19.7 Å². The number of amides is 1. The number of likely N-dealkylation sites (N-methyl/N-ethyl adjacent to an activating group) is 1. The molecule has 0 aromatic rings. The van der Waals surface area contributed by atoms with Gasteiger partial charge < -0.3 is 19.4 Å². The van der Waals surface area contributed by atoms with Crippen molar-refractivity contribution < 1.29 is 37.3 Å². The zero-order chi connectivity index (χ0) is 54.3. The highest BCUT2D eigenvalue weighted by molar-refractivity contribution is 7.47. The van der Waals surface area contributed by atoms with E-state index in [0.717, 1.165) is 83.5 Å². The molecular formula is C64H118N2O7P+. The number of rotatable bonds is 55. The number of phosphoric ester groups is 1. The Morgan fingerprint density at radius 2 is 0.865 bits per heavy atom. The first kappa shape index (κ1) is 71.5. The van der Waals surface area contributed by atoms with Gasteiger partial charge in [-0.15, -0.1) is 0 Å². The van der Waals surface area contributed by atoms with Crippen molar-refractivity contribution in [1.82, 2.24) is 5.32 Å². The minimum Gasteiger partial charge on any atom is -0.456 e. The number of esters is 1. The van der Waals surface area contributed by atoms with Gasteiger partial charge in [-0.1, -0.05) is 235 Å². The van der Waals surface area contributed by atoms with Crippen LogP contribution >= 0.6 is 7.82 Å². The molecule has 0 heterocycles. The molecule has 430 valence electrons. The summed E-state index contributed by atoms with van der Waals surface area (Å²) < 4.78 is 30.7. The molecule has 0 aliphatic rings.